The summed E-state index contributed by atoms with van der Waals surface area (Å²) >= 11 is 0. The maximum absolute atomic E-state index is 10.7. The van der Waals surface area contributed by atoms with Gasteiger partial charge in [0.25, 0.3) is 5.78 Å². The average molecular weight is 178 g/mol. The van der Waals surface area contributed by atoms with Gasteiger partial charge in [-0.2, -0.15) is 0 Å². The third-order valence-corrected chi connectivity index (χ3v) is 1.21. The SMILES string of the molecule is COC(=O)C(=O)[C@H](O)[C@H](O)CO. The molecule has 0 saturated carbocycles. The van der Waals surface area contributed by atoms with Gasteiger partial charge in [-0.1, -0.05) is 0 Å². The standard InChI is InChI=1S/C6H10O6/c1-12-6(11)5(10)4(9)3(8)2-7/h3-4,7-9H,2H2,1H3/t3-,4-/m1/s1. The lowest BCUT2D eigenvalue weighted by Crippen LogP contribution is -2.40. The molecule has 6 heteroatoms. The number of Topliss-reactive ketones (excluding diaryl/α,β-unsaturated/α-hetero) is 1. The summed E-state index contributed by atoms with van der Waals surface area (Å²) in [5.74, 6) is -2.53. The smallest absolute Gasteiger partial charge is 0.377 e. The zero-order chi connectivity index (χ0) is 9.72. The number of ether oxygens (including phenoxy) is 1. The lowest BCUT2D eigenvalue weighted by molar-refractivity contribution is -0.159. The lowest BCUT2D eigenvalue weighted by Gasteiger charge is -2.11. The first kappa shape index (κ1) is 11.0. The average Bonchev–Trinajstić information content (AvgIpc) is 2.12. The summed E-state index contributed by atoms with van der Waals surface area (Å²) in [4.78, 5) is 21.1. The third kappa shape index (κ3) is 2.57. The van der Waals surface area contributed by atoms with Gasteiger partial charge >= 0.3 is 5.97 Å². The number of methoxy groups -OCH3 is 1. The van der Waals surface area contributed by atoms with E-state index in [0.29, 0.717) is 0 Å². The normalized spacial score (nSPS) is 15.0. The van der Waals surface area contributed by atoms with Crippen molar-refractivity contribution in [1.29, 1.82) is 0 Å². The molecule has 0 radical (unpaired) electrons. The van der Waals surface area contributed by atoms with Gasteiger partial charge in [-0.15, -0.1) is 0 Å². The number of carbonyl (C=O) groups is 2. The largest absolute Gasteiger partial charge is 0.463 e. The Hall–Kier alpha value is -0.980. The monoisotopic (exact) mass is 178 g/mol. The van der Waals surface area contributed by atoms with Crippen LogP contribution in [-0.2, 0) is 14.3 Å². The van der Waals surface area contributed by atoms with Gasteiger partial charge in [0.05, 0.1) is 13.7 Å². The quantitative estimate of drug-likeness (QED) is 0.323. The molecule has 0 spiro atoms. The summed E-state index contributed by atoms with van der Waals surface area (Å²) in [7, 11) is 0.971. The molecule has 0 unspecified atom stereocenters. The second kappa shape index (κ2) is 4.81. The molecular formula is C6H10O6. The van der Waals surface area contributed by atoms with Crippen LogP contribution >= 0.6 is 0 Å². The molecule has 0 bridgehead atoms. The number of aliphatic hydroxyl groups excluding tert-OH is 3. The van der Waals surface area contributed by atoms with Gasteiger partial charge in [0.2, 0.25) is 0 Å². The third-order valence-electron chi connectivity index (χ3n) is 1.21. The Morgan fingerprint density at radius 3 is 2.25 bits per heavy atom. The first-order chi connectivity index (χ1) is 5.54. The van der Waals surface area contributed by atoms with Crippen LogP contribution in [0.25, 0.3) is 0 Å². The number of carbonyl (C=O) groups excluding carboxylic acids is 2. The second-order valence-corrected chi connectivity index (χ2v) is 2.05. The van der Waals surface area contributed by atoms with Crippen molar-refractivity contribution >= 4 is 11.8 Å². The first-order valence-electron chi connectivity index (χ1n) is 3.13. The van der Waals surface area contributed by atoms with Crippen LogP contribution in [0.4, 0.5) is 0 Å². The van der Waals surface area contributed by atoms with Crippen molar-refractivity contribution in [2.45, 2.75) is 12.2 Å². The van der Waals surface area contributed by atoms with Gasteiger partial charge in [-0.05, 0) is 0 Å². The van der Waals surface area contributed by atoms with Gasteiger partial charge in [0, 0.05) is 0 Å². The van der Waals surface area contributed by atoms with Crippen molar-refractivity contribution in [2.75, 3.05) is 13.7 Å². The highest BCUT2D eigenvalue weighted by Gasteiger charge is 2.29. The van der Waals surface area contributed by atoms with Gasteiger partial charge in [-0.3, -0.25) is 4.79 Å². The van der Waals surface area contributed by atoms with E-state index in [4.69, 9.17) is 15.3 Å². The molecule has 0 aromatic carbocycles. The van der Waals surface area contributed by atoms with Crippen molar-refractivity contribution in [3.05, 3.63) is 0 Å². The molecule has 0 saturated heterocycles. The Morgan fingerprint density at radius 1 is 1.42 bits per heavy atom. The fourth-order valence-corrected chi connectivity index (χ4v) is 0.496. The van der Waals surface area contributed by atoms with Crippen molar-refractivity contribution < 1.29 is 29.6 Å². The van der Waals surface area contributed by atoms with Gasteiger partial charge in [-0.25, -0.2) is 4.79 Å². The van der Waals surface area contributed by atoms with E-state index in [9.17, 15) is 9.59 Å². The van der Waals surface area contributed by atoms with Crippen molar-refractivity contribution in [3.8, 4) is 0 Å². The van der Waals surface area contributed by atoms with E-state index in [1.807, 2.05) is 0 Å². The number of ketones is 1. The highest BCUT2D eigenvalue weighted by molar-refractivity contribution is 6.35. The molecule has 0 heterocycles. The molecule has 0 aromatic heterocycles. The van der Waals surface area contributed by atoms with Crippen LogP contribution in [0, 0.1) is 0 Å². The maximum atomic E-state index is 10.7. The fraction of sp³-hybridized carbons (Fsp3) is 0.667. The van der Waals surface area contributed by atoms with Crippen molar-refractivity contribution in [2.24, 2.45) is 0 Å². The van der Waals surface area contributed by atoms with E-state index in [-0.39, 0.29) is 0 Å². The van der Waals surface area contributed by atoms with Crippen LogP contribution in [0.3, 0.4) is 0 Å². The summed E-state index contributed by atoms with van der Waals surface area (Å²) in [6.45, 7) is -0.802. The van der Waals surface area contributed by atoms with E-state index in [2.05, 4.69) is 4.74 Å². The number of hydrogen-bond acceptors (Lipinski definition) is 6. The maximum Gasteiger partial charge on any atom is 0.377 e. The molecule has 0 fully saturated rings. The number of esters is 1. The van der Waals surface area contributed by atoms with Crippen LogP contribution in [0.2, 0.25) is 0 Å². The summed E-state index contributed by atoms with van der Waals surface area (Å²) in [5, 5.41) is 25.8. The molecule has 0 aliphatic carbocycles. The Labute approximate surface area is 68.4 Å². The Bertz CT molecular complexity index is 177. The predicted octanol–water partition coefficient (Wildman–Crippen LogP) is -2.56. The zero-order valence-electron chi connectivity index (χ0n) is 6.43. The topological polar surface area (TPSA) is 104 Å². The van der Waals surface area contributed by atoms with Gasteiger partial charge < -0.3 is 20.1 Å². The van der Waals surface area contributed by atoms with Crippen LogP contribution in [-0.4, -0.2) is 53.0 Å². The van der Waals surface area contributed by atoms with E-state index in [1.54, 1.807) is 0 Å². The molecule has 12 heavy (non-hydrogen) atoms. The summed E-state index contributed by atoms with van der Waals surface area (Å²) in [6, 6.07) is 0. The minimum atomic E-state index is -1.93. The van der Waals surface area contributed by atoms with E-state index < -0.39 is 30.6 Å². The van der Waals surface area contributed by atoms with Crippen LogP contribution in [0.1, 0.15) is 0 Å². The highest BCUT2D eigenvalue weighted by Crippen LogP contribution is 1.95. The molecule has 2 atom stereocenters. The van der Waals surface area contributed by atoms with Crippen molar-refractivity contribution in [3.63, 3.8) is 0 Å². The summed E-state index contributed by atoms with van der Waals surface area (Å²) < 4.78 is 3.99. The molecule has 6 nitrogen and oxygen atoms in total. The number of hydrogen-bond donors (Lipinski definition) is 3. The Morgan fingerprint density at radius 2 is 1.92 bits per heavy atom. The fourth-order valence-electron chi connectivity index (χ4n) is 0.496. The molecule has 0 amide bonds. The van der Waals surface area contributed by atoms with E-state index in [1.165, 1.54) is 0 Å². The summed E-state index contributed by atoms with van der Waals surface area (Å²) in [5.41, 5.74) is 0. The summed E-state index contributed by atoms with van der Waals surface area (Å²) in [6.07, 6.45) is -3.58. The first-order valence-corrected chi connectivity index (χ1v) is 3.13. The van der Waals surface area contributed by atoms with E-state index in [0.717, 1.165) is 7.11 Å². The second-order valence-electron chi connectivity index (χ2n) is 2.05. The molecule has 0 aliphatic heterocycles. The molecular weight excluding hydrogens is 168 g/mol. The molecule has 0 aliphatic rings. The lowest BCUT2D eigenvalue weighted by atomic mass is 10.1. The highest BCUT2D eigenvalue weighted by atomic mass is 16.5. The van der Waals surface area contributed by atoms with Crippen LogP contribution < -0.4 is 0 Å². The Kier molecular flexibility index (Phi) is 4.42. The number of aliphatic hydroxyl groups is 3. The molecule has 3 N–H and O–H groups in total. The van der Waals surface area contributed by atoms with Gasteiger partial charge in [0.1, 0.15) is 6.10 Å². The Balaban J connectivity index is 4.19. The minimum Gasteiger partial charge on any atom is -0.463 e. The van der Waals surface area contributed by atoms with Crippen LogP contribution in [0.15, 0.2) is 0 Å². The zero-order valence-corrected chi connectivity index (χ0v) is 6.43. The minimum absolute atomic E-state index is 0.802. The van der Waals surface area contributed by atoms with E-state index >= 15 is 0 Å². The molecule has 0 rings (SSSR count). The van der Waals surface area contributed by atoms with Crippen molar-refractivity contribution in [1.82, 2.24) is 0 Å². The number of rotatable bonds is 4. The predicted molar refractivity (Wildman–Crippen MR) is 36.1 cm³/mol. The van der Waals surface area contributed by atoms with Gasteiger partial charge in [0.15, 0.2) is 6.10 Å². The molecule has 0 aromatic rings. The van der Waals surface area contributed by atoms with Crippen LogP contribution in [0.5, 0.6) is 0 Å². The molecule has 70 valence electrons.